The molecule has 2 heteroatoms. The smallest absolute Gasteiger partial charge is 0.0629 e. The Balaban J connectivity index is 2.63. The van der Waals surface area contributed by atoms with Gasteiger partial charge < -0.3 is 0 Å². The van der Waals surface area contributed by atoms with Crippen molar-refractivity contribution in [1.29, 1.82) is 0 Å². The lowest BCUT2D eigenvalue weighted by Gasteiger charge is -2.41. The Kier molecular flexibility index (Phi) is 3.60. The van der Waals surface area contributed by atoms with E-state index in [-0.39, 0.29) is 5.04 Å². The Morgan fingerprint density at radius 3 is 1.33 bits per heavy atom. The molecule has 2 aromatic carbocycles. The molecule has 0 unspecified atom stereocenters. The quantitative estimate of drug-likeness (QED) is 0.734. The van der Waals surface area contributed by atoms with Crippen molar-refractivity contribution in [2.75, 3.05) is 0 Å². The average molecular weight is 268 g/mol. The van der Waals surface area contributed by atoms with Gasteiger partial charge in [-0.25, -0.2) is 0 Å². The molecular weight excluding hydrogens is 248 g/mol. The molecular formula is C16H19Si2. The second-order valence-corrected chi connectivity index (χ2v) is 12.1. The SMILES string of the molecule is CC(C)(C)[Si]([Si])(c1ccccc1)c1ccccc1. The third kappa shape index (κ3) is 2.22. The summed E-state index contributed by atoms with van der Waals surface area (Å²) in [7, 11) is 2.33. The zero-order chi connectivity index (χ0) is 13.2. The van der Waals surface area contributed by atoms with E-state index in [4.69, 9.17) is 0 Å². The first-order chi connectivity index (χ1) is 8.46. The third-order valence-corrected chi connectivity index (χ3v) is 12.2. The van der Waals surface area contributed by atoms with Gasteiger partial charge in [0.1, 0.15) is 7.59 Å². The minimum atomic E-state index is -1.90. The average Bonchev–Trinajstić information content (AvgIpc) is 2.38. The highest BCUT2D eigenvalue weighted by molar-refractivity contribution is 7.33. The van der Waals surface area contributed by atoms with E-state index < -0.39 is 7.59 Å². The maximum absolute atomic E-state index is 4.22. The molecule has 2 rings (SSSR count). The molecule has 0 N–H and O–H groups in total. The van der Waals surface area contributed by atoms with E-state index in [2.05, 4.69) is 91.2 Å². The van der Waals surface area contributed by atoms with Gasteiger partial charge in [0.15, 0.2) is 0 Å². The van der Waals surface area contributed by atoms with Crippen LogP contribution in [0, 0.1) is 0 Å². The molecule has 0 bridgehead atoms. The van der Waals surface area contributed by atoms with Gasteiger partial charge in [0.2, 0.25) is 0 Å². The summed E-state index contributed by atoms with van der Waals surface area (Å²) in [5, 5.41) is 3.08. The lowest BCUT2D eigenvalue weighted by Crippen LogP contribution is -2.65. The maximum atomic E-state index is 4.22. The fraction of sp³-hybridized carbons (Fsp3) is 0.250. The fourth-order valence-electron chi connectivity index (χ4n) is 2.41. The zero-order valence-corrected chi connectivity index (χ0v) is 13.3. The molecule has 0 aromatic heterocycles. The van der Waals surface area contributed by atoms with Crippen molar-refractivity contribution in [3.63, 3.8) is 0 Å². The van der Waals surface area contributed by atoms with Crippen LogP contribution in [0.5, 0.6) is 0 Å². The molecule has 0 saturated heterocycles. The number of hydrogen-bond acceptors (Lipinski definition) is 0. The van der Waals surface area contributed by atoms with Crippen LogP contribution in [0.3, 0.4) is 0 Å². The van der Waals surface area contributed by atoms with Crippen molar-refractivity contribution in [2.45, 2.75) is 25.8 Å². The van der Waals surface area contributed by atoms with Crippen molar-refractivity contribution in [3.8, 4) is 0 Å². The molecule has 0 amide bonds. The van der Waals surface area contributed by atoms with Crippen LogP contribution in [0.4, 0.5) is 0 Å². The standard InChI is InChI=1S/C16H19Si2/c1-16(2,3)18(17,14-10-6-4-7-11-14)15-12-8-5-9-13-15/h4-13H,1-3H3. The Morgan fingerprint density at radius 2 is 1.06 bits per heavy atom. The summed E-state index contributed by atoms with van der Waals surface area (Å²) >= 11 is 0. The molecule has 91 valence electrons. The minimum absolute atomic E-state index is 0.215. The first-order valence-corrected chi connectivity index (χ1v) is 9.82. The molecule has 0 aliphatic heterocycles. The Labute approximate surface area is 114 Å². The van der Waals surface area contributed by atoms with Crippen LogP contribution in [0.15, 0.2) is 60.7 Å². The van der Waals surface area contributed by atoms with Crippen LogP contribution in [0.2, 0.25) is 5.04 Å². The summed E-state index contributed by atoms with van der Waals surface area (Å²) < 4.78 is 0. The Morgan fingerprint density at radius 1 is 0.722 bits per heavy atom. The summed E-state index contributed by atoms with van der Waals surface area (Å²) in [6, 6.07) is 21.7. The maximum Gasteiger partial charge on any atom is 0.106 e. The summed E-state index contributed by atoms with van der Waals surface area (Å²) in [6.45, 7) is 6.98. The van der Waals surface area contributed by atoms with Crippen molar-refractivity contribution in [3.05, 3.63) is 60.7 Å². The van der Waals surface area contributed by atoms with Gasteiger partial charge in [0.25, 0.3) is 0 Å². The van der Waals surface area contributed by atoms with Gasteiger partial charge >= 0.3 is 0 Å². The van der Waals surface area contributed by atoms with Crippen molar-refractivity contribution in [1.82, 2.24) is 0 Å². The van der Waals surface area contributed by atoms with E-state index in [1.807, 2.05) is 0 Å². The third-order valence-electron chi connectivity index (χ3n) is 3.54. The first-order valence-electron chi connectivity index (χ1n) is 6.32. The van der Waals surface area contributed by atoms with Crippen molar-refractivity contribution >= 4 is 27.7 Å². The van der Waals surface area contributed by atoms with Gasteiger partial charge in [-0.1, -0.05) is 91.8 Å². The van der Waals surface area contributed by atoms with E-state index in [0.717, 1.165) is 0 Å². The summed E-state index contributed by atoms with van der Waals surface area (Å²) in [5.41, 5.74) is 0. The van der Waals surface area contributed by atoms with Gasteiger partial charge in [-0.2, -0.15) is 0 Å². The van der Waals surface area contributed by atoms with E-state index in [0.29, 0.717) is 0 Å². The zero-order valence-electron chi connectivity index (χ0n) is 11.3. The summed E-state index contributed by atoms with van der Waals surface area (Å²) in [6.07, 6.45) is 0. The molecule has 0 aliphatic carbocycles. The van der Waals surface area contributed by atoms with Gasteiger partial charge in [-0.15, -0.1) is 0 Å². The molecule has 0 spiro atoms. The highest BCUT2D eigenvalue weighted by atomic mass is 29.2. The Hall–Kier alpha value is -1.13. The Bertz CT molecular complexity index is 458. The van der Waals surface area contributed by atoms with Gasteiger partial charge in [-0.3, -0.25) is 0 Å². The monoisotopic (exact) mass is 267 g/mol. The molecule has 0 nitrogen and oxygen atoms in total. The highest BCUT2D eigenvalue weighted by Gasteiger charge is 2.42. The van der Waals surface area contributed by atoms with Crippen LogP contribution < -0.4 is 10.4 Å². The second kappa shape index (κ2) is 4.86. The molecule has 0 saturated carbocycles. The molecule has 18 heavy (non-hydrogen) atoms. The summed E-state index contributed by atoms with van der Waals surface area (Å²) in [5.74, 6) is 0. The lowest BCUT2D eigenvalue weighted by atomic mass is 10.2. The van der Waals surface area contributed by atoms with Gasteiger partial charge in [-0.05, 0) is 5.04 Å². The summed E-state index contributed by atoms with van der Waals surface area (Å²) in [4.78, 5) is 0. The topological polar surface area (TPSA) is 0 Å². The van der Waals surface area contributed by atoms with Gasteiger partial charge in [0.05, 0.1) is 0 Å². The highest BCUT2D eigenvalue weighted by Crippen LogP contribution is 2.33. The molecule has 0 atom stereocenters. The van der Waals surface area contributed by atoms with Gasteiger partial charge in [0, 0.05) is 9.76 Å². The van der Waals surface area contributed by atoms with E-state index >= 15 is 0 Å². The van der Waals surface area contributed by atoms with Crippen LogP contribution in [-0.2, 0) is 0 Å². The number of hydrogen-bond donors (Lipinski definition) is 0. The lowest BCUT2D eigenvalue weighted by molar-refractivity contribution is 0.744. The molecule has 0 aliphatic rings. The fourth-order valence-corrected chi connectivity index (χ4v) is 6.86. The van der Waals surface area contributed by atoms with Crippen LogP contribution >= 0.6 is 0 Å². The largest absolute Gasteiger partial charge is 0.106 e. The van der Waals surface area contributed by atoms with Crippen molar-refractivity contribution in [2.24, 2.45) is 0 Å². The second-order valence-electron chi connectivity index (χ2n) is 5.73. The van der Waals surface area contributed by atoms with Crippen LogP contribution in [0.25, 0.3) is 0 Å². The molecule has 2 aromatic rings. The van der Waals surface area contributed by atoms with E-state index in [1.54, 1.807) is 0 Å². The first kappa shape index (κ1) is 13.3. The van der Waals surface area contributed by atoms with E-state index in [9.17, 15) is 0 Å². The van der Waals surface area contributed by atoms with Crippen LogP contribution in [0.1, 0.15) is 20.8 Å². The molecule has 3 radical (unpaired) electrons. The van der Waals surface area contributed by atoms with Crippen LogP contribution in [-0.4, -0.2) is 17.4 Å². The van der Waals surface area contributed by atoms with Crippen molar-refractivity contribution < 1.29 is 0 Å². The molecule has 0 heterocycles. The van der Waals surface area contributed by atoms with E-state index in [1.165, 1.54) is 10.4 Å². The minimum Gasteiger partial charge on any atom is -0.0629 e. The predicted octanol–water partition coefficient (Wildman–Crippen LogP) is 2.71. The predicted molar refractivity (Wildman–Crippen MR) is 83.4 cm³/mol. The number of benzene rings is 2. The molecule has 0 fully saturated rings. The normalized spacial score (nSPS) is 12.4. The number of rotatable bonds is 2.